The summed E-state index contributed by atoms with van der Waals surface area (Å²) in [4.78, 5) is 14.6. The van der Waals surface area contributed by atoms with E-state index in [0.29, 0.717) is 44.0 Å². The number of benzene rings is 2. The van der Waals surface area contributed by atoms with Crippen molar-refractivity contribution in [2.75, 3.05) is 32.8 Å². The molecule has 0 aliphatic carbocycles. The Kier molecular flexibility index (Phi) is 5.96. The van der Waals surface area contributed by atoms with E-state index in [1.54, 1.807) is 13.0 Å². The number of nitrogens with one attached hydrogen (secondary N) is 1. The summed E-state index contributed by atoms with van der Waals surface area (Å²) in [7, 11) is 0. The molecular formula is C20H22F2N2O2. The number of morpholine rings is 1. The van der Waals surface area contributed by atoms with Crippen LogP contribution in [0.3, 0.4) is 0 Å². The number of rotatable bonds is 5. The molecule has 1 amide bonds. The highest BCUT2D eigenvalue weighted by atomic mass is 19.1. The van der Waals surface area contributed by atoms with Crippen LogP contribution in [0.1, 0.15) is 27.5 Å². The van der Waals surface area contributed by atoms with Crippen molar-refractivity contribution in [1.82, 2.24) is 10.2 Å². The maximum absolute atomic E-state index is 13.7. The Morgan fingerprint density at radius 3 is 2.65 bits per heavy atom. The normalized spacial score (nSPS) is 16.3. The number of carbonyl (C=O) groups is 1. The van der Waals surface area contributed by atoms with Crippen molar-refractivity contribution in [1.29, 1.82) is 0 Å². The second-order valence-corrected chi connectivity index (χ2v) is 6.39. The molecule has 0 spiro atoms. The van der Waals surface area contributed by atoms with E-state index in [4.69, 9.17) is 4.74 Å². The fourth-order valence-corrected chi connectivity index (χ4v) is 3.14. The molecule has 1 unspecified atom stereocenters. The Morgan fingerprint density at radius 2 is 1.96 bits per heavy atom. The van der Waals surface area contributed by atoms with Gasteiger partial charge in [0.15, 0.2) is 0 Å². The van der Waals surface area contributed by atoms with Crippen LogP contribution in [0.25, 0.3) is 0 Å². The van der Waals surface area contributed by atoms with Gasteiger partial charge in [0, 0.05) is 25.2 Å². The summed E-state index contributed by atoms with van der Waals surface area (Å²) in [5.41, 5.74) is 1.64. The molecule has 1 aliphatic rings. The lowest BCUT2D eigenvalue weighted by atomic mass is 10.0. The Bertz CT molecular complexity index is 776. The highest BCUT2D eigenvalue weighted by Crippen LogP contribution is 2.22. The van der Waals surface area contributed by atoms with E-state index < -0.39 is 0 Å². The molecule has 1 aliphatic heterocycles. The third-order valence-electron chi connectivity index (χ3n) is 4.60. The summed E-state index contributed by atoms with van der Waals surface area (Å²) in [5.74, 6) is -0.920. The van der Waals surface area contributed by atoms with Crippen LogP contribution in [-0.2, 0) is 4.74 Å². The third kappa shape index (κ3) is 4.45. The molecule has 0 saturated carbocycles. The Morgan fingerprint density at radius 1 is 1.19 bits per heavy atom. The molecule has 0 aromatic heterocycles. The zero-order valence-corrected chi connectivity index (χ0v) is 14.7. The van der Waals surface area contributed by atoms with Gasteiger partial charge in [-0.15, -0.1) is 0 Å². The minimum absolute atomic E-state index is 0.153. The van der Waals surface area contributed by atoms with Crippen molar-refractivity contribution in [3.8, 4) is 0 Å². The first-order valence-corrected chi connectivity index (χ1v) is 8.66. The monoisotopic (exact) mass is 360 g/mol. The van der Waals surface area contributed by atoms with E-state index in [9.17, 15) is 13.6 Å². The van der Waals surface area contributed by atoms with Crippen LogP contribution in [0.15, 0.2) is 42.5 Å². The minimum atomic E-state index is -0.340. The maximum atomic E-state index is 13.7. The van der Waals surface area contributed by atoms with Gasteiger partial charge in [-0.1, -0.05) is 12.1 Å². The van der Waals surface area contributed by atoms with E-state index in [1.165, 1.54) is 30.3 Å². The second kappa shape index (κ2) is 8.38. The molecule has 138 valence electrons. The number of ether oxygens (including phenoxy) is 1. The Balaban J connectivity index is 1.74. The van der Waals surface area contributed by atoms with E-state index in [1.807, 2.05) is 6.07 Å². The van der Waals surface area contributed by atoms with E-state index in [0.717, 1.165) is 5.56 Å². The van der Waals surface area contributed by atoms with Crippen molar-refractivity contribution < 1.29 is 18.3 Å². The van der Waals surface area contributed by atoms with Gasteiger partial charge in [0.05, 0.1) is 19.3 Å². The van der Waals surface area contributed by atoms with Gasteiger partial charge in [-0.25, -0.2) is 8.78 Å². The average Bonchev–Trinajstić information content (AvgIpc) is 2.65. The van der Waals surface area contributed by atoms with Gasteiger partial charge in [0.25, 0.3) is 5.91 Å². The zero-order valence-electron chi connectivity index (χ0n) is 14.7. The number of hydrogen-bond acceptors (Lipinski definition) is 3. The van der Waals surface area contributed by atoms with Gasteiger partial charge in [-0.2, -0.15) is 0 Å². The van der Waals surface area contributed by atoms with Crippen LogP contribution in [0.2, 0.25) is 0 Å². The number of hydrogen-bond donors (Lipinski definition) is 1. The zero-order chi connectivity index (χ0) is 18.5. The summed E-state index contributed by atoms with van der Waals surface area (Å²) in [6.45, 7) is 4.60. The molecule has 1 fully saturated rings. The van der Waals surface area contributed by atoms with E-state index >= 15 is 0 Å². The highest BCUT2D eigenvalue weighted by Gasteiger charge is 2.23. The molecule has 26 heavy (non-hydrogen) atoms. The number of amides is 1. The lowest BCUT2D eigenvalue weighted by molar-refractivity contribution is 0.0162. The molecule has 1 N–H and O–H groups in total. The maximum Gasteiger partial charge on any atom is 0.251 e. The lowest BCUT2D eigenvalue weighted by Gasteiger charge is -2.35. The van der Waals surface area contributed by atoms with Gasteiger partial charge < -0.3 is 10.1 Å². The van der Waals surface area contributed by atoms with Crippen LogP contribution in [-0.4, -0.2) is 43.7 Å². The molecule has 0 bridgehead atoms. The smallest absolute Gasteiger partial charge is 0.251 e. The summed E-state index contributed by atoms with van der Waals surface area (Å²) >= 11 is 0. The second-order valence-electron chi connectivity index (χ2n) is 6.39. The van der Waals surface area contributed by atoms with Crippen molar-refractivity contribution >= 4 is 5.91 Å². The fraction of sp³-hybridized carbons (Fsp3) is 0.350. The van der Waals surface area contributed by atoms with Crippen LogP contribution < -0.4 is 5.32 Å². The standard InChI is InChI=1S/C20H22F2N2O2/c1-14-11-16(5-6-18(14)22)20(25)23-13-19(24-7-9-26-10-8-24)15-3-2-4-17(21)12-15/h2-6,11-12,19H,7-10,13H2,1H3,(H,23,25). The summed E-state index contributed by atoms with van der Waals surface area (Å²) < 4.78 is 32.5. The molecule has 6 heteroatoms. The van der Waals surface area contributed by atoms with Crippen LogP contribution in [0, 0.1) is 18.6 Å². The predicted octanol–water partition coefficient (Wildman–Crippen LogP) is 3.08. The quantitative estimate of drug-likeness (QED) is 0.891. The third-order valence-corrected chi connectivity index (χ3v) is 4.60. The lowest BCUT2D eigenvalue weighted by Crippen LogP contribution is -2.43. The van der Waals surface area contributed by atoms with Crippen LogP contribution in [0.5, 0.6) is 0 Å². The Labute approximate surface area is 151 Å². The molecule has 1 atom stereocenters. The number of aryl methyl sites for hydroxylation is 1. The fourth-order valence-electron chi connectivity index (χ4n) is 3.14. The average molecular weight is 360 g/mol. The summed E-state index contributed by atoms with van der Waals surface area (Å²) in [6, 6.07) is 10.5. The first kappa shape index (κ1) is 18.5. The van der Waals surface area contributed by atoms with Gasteiger partial charge >= 0.3 is 0 Å². The molecule has 1 heterocycles. The molecule has 4 nitrogen and oxygen atoms in total. The number of carbonyl (C=O) groups excluding carboxylic acids is 1. The molecule has 2 aromatic carbocycles. The van der Waals surface area contributed by atoms with Crippen LogP contribution in [0.4, 0.5) is 8.78 Å². The van der Waals surface area contributed by atoms with E-state index in [2.05, 4.69) is 10.2 Å². The molecule has 2 aromatic rings. The SMILES string of the molecule is Cc1cc(C(=O)NCC(c2cccc(F)c2)N2CCOCC2)ccc1F. The van der Waals surface area contributed by atoms with Crippen molar-refractivity contribution in [3.05, 3.63) is 70.8 Å². The first-order chi connectivity index (χ1) is 12.5. The molecular weight excluding hydrogens is 338 g/mol. The Hall–Kier alpha value is -2.31. The topological polar surface area (TPSA) is 41.6 Å². The van der Waals surface area contributed by atoms with Gasteiger partial charge in [0.1, 0.15) is 11.6 Å². The van der Waals surface area contributed by atoms with Gasteiger partial charge in [-0.3, -0.25) is 9.69 Å². The largest absolute Gasteiger partial charge is 0.379 e. The van der Waals surface area contributed by atoms with Gasteiger partial charge in [0.2, 0.25) is 0 Å². The van der Waals surface area contributed by atoms with Gasteiger partial charge in [-0.05, 0) is 48.4 Å². The van der Waals surface area contributed by atoms with Crippen molar-refractivity contribution in [3.63, 3.8) is 0 Å². The van der Waals surface area contributed by atoms with Crippen LogP contribution >= 0.6 is 0 Å². The van der Waals surface area contributed by atoms with Crippen molar-refractivity contribution in [2.24, 2.45) is 0 Å². The van der Waals surface area contributed by atoms with Crippen molar-refractivity contribution in [2.45, 2.75) is 13.0 Å². The predicted molar refractivity (Wildman–Crippen MR) is 95.0 cm³/mol. The molecule has 1 saturated heterocycles. The number of nitrogens with zero attached hydrogens (tertiary/aromatic N) is 1. The number of halogens is 2. The van der Waals surface area contributed by atoms with E-state index in [-0.39, 0.29) is 23.6 Å². The first-order valence-electron chi connectivity index (χ1n) is 8.66. The highest BCUT2D eigenvalue weighted by molar-refractivity contribution is 5.94. The summed E-state index contributed by atoms with van der Waals surface area (Å²) in [5, 5.41) is 2.89. The summed E-state index contributed by atoms with van der Waals surface area (Å²) in [6.07, 6.45) is 0. The molecule has 0 radical (unpaired) electrons. The molecule has 3 rings (SSSR count). The minimum Gasteiger partial charge on any atom is -0.379 e.